The van der Waals surface area contributed by atoms with Gasteiger partial charge in [-0.1, -0.05) is 0 Å². The van der Waals surface area contributed by atoms with Crippen LogP contribution in [0.4, 0.5) is 10.5 Å². The monoisotopic (exact) mass is 363 g/mol. The van der Waals surface area contributed by atoms with Gasteiger partial charge < -0.3 is 24.4 Å². The molecule has 3 amide bonds. The molecule has 0 aromatic heterocycles. The number of rotatable bonds is 7. The fraction of sp³-hybridized carbons (Fsp3) is 0.556. The number of urea groups is 1. The lowest BCUT2D eigenvalue weighted by Gasteiger charge is -2.21. The Morgan fingerprint density at radius 1 is 1.31 bits per heavy atom. The summed E-state index contributed by atoms with van der Waals surface area (Å²) in [6, 6.07) is 5.08. The zero-order valence-electron chi connectivity index (χ0n) is 15.2. The molecule has 1 N–H and O–H groups in total. The van der Waals surface area contributed by atoms with E-state index in [1.54, 1.807) is 37.3 Å². The smallest absolute Gasteiger partial charge is 0.325 e. The number of nitrogens with zero attached hydrogens (tertiary/aromatic N) is 2. The van der Waals surface area contributed by atoms with Crippen LogP contribution in [0.5, 0.6) is 11.5 Å². The van der Waals surface area contributed by atoms with Gasteiger partial charge in [-0.05, 0) is 25.0 Å². The van der Waals surface area contributed by atoms with Crippen molar-refractivity contribution >= 4 is 17.6 Å². The Morgan fingerprint density at radius 2 is 2.15 bits per heavy atom. The average molecular weight is 363 g/mol. The second kappa shape index (κ2) is 8.27. The normalized spacial score (nSPS) is 19.8. The maximum absolute atomic E-state index is 12.7. The van der Waals surface area contributed by atoms with Gasteiger partial charge in [-0.15, -0.1) is 0 Å². The Labute approximate surface area is 153 Å². The summed E-state index contributed by atoms with van der Waals surface area (Å²) < 4.78 is 16.1. The Bertz CT molecular complexity index is 660. The van der Waals surface area contributed by atoms with Crippen molar-refractivity contribution in [3.8, 4) is 11.5 Å². The van der Waals surface area contributed by atoms with Crippen LogP contribution in [0, 0.1) is 0 Å². The van der Waals surface area contributed by atoms with Crippen LogP contribution in [0.1, 0.15) is 12.8 Å². The summed E-state index contributed by atoms with van der Waals surface area (Å²) in [5.74, 6) is 1.05. The van der Waals surface area contributed by atoms with Crippen LogP contribution < -0.4 is 19.7 Å². The number of carbonyl (C=O) groups excluding carboxylic acids is 2. The van der Waals surface area contributed by atoms with Crippen molar-refractivity contribution in [2.24, 2.45) is 0 Å². The minimum absolute atomic E-state index is 0.0360. The molecule has 0 aliphatic carbocycles. The summed E-state index contributed by atoms with van der Waals surface area (Å²) in [6.07, 6.45) is 2.08. The van der Waals surface area contributed by atoms with Crippen molar-refractivity contribution in [2.75, 3.05) is 51.9 Å². The fourth-order valence-corrected chi connectivity index (χ4v) is 3.22. The van der Waals surface area contributed by atoms with Crippen molar-refractivity contribution in [1.29, 1.82) is 0 Å². The molecule has 0 bridgehead atoms. The van der Waals surface area contributed by atoms with Crippen molar-refractivity contribution in [3.05, 3.63) is 18.2 Å². The zero-order valence-corrected chi connectivity index (χ0v) is 15.2. The van der Waals surface area contributed by atoms with E-state index in [0.29, 0.717) is 36.8 Å². The van der Waals surface area contributed by atoms with E-state index in [-0.39, 0.29) is 24.6 Å². The van der Waals surface area contributed by atoms with Gasteiger partial charge in [-0.2, -0.15) is 0 Å². The molecule has 2 fully saturated rings. The summed E-state index contributed by atoms with van der Waals surface area (Å²) in [5, 5.41) is 2.85. The first kappa shape index (κ1) is 18.3. The van der Waals surface area contributed by atoms with E-state index < -0.39 is 0 Å². The molecule has 1 unspecified atom stereocenters. The molecular formula is C18H25N3O5. The van der Waals surface area contributed by atoms with Gasteiger partial charge in [0.05, 0.1) is 26.0 Å². The SMILES string of the molecule is COc1ccc(OC)c(N2CCN(CC(=O)NCC3CCCO3)C2=O)c1. The van der Waals surface area contributed by atoms with Crippen molar-refractivity contribution < 1.29 is 23.8 Å². The summed E-state index contributed by atoms with van der Waals surface area (Å²) >= 11 is 0. The van der Waals surface area contributed by atoms with Crippen LogP contribution >= 0.6 is 0 Å². The molecule has 2 aliphatic rings. The molecule has 2 heterocycles. The number of amides is 3. The van der Waals surface area contributed by atoms with E-state index in [1.165, 1.54) is 4.90 Å². The van der Waals surface area contributed by atoms with E-state index in [0.717, 1.165) is 19.4 Å². The Morgan fingerprint density at radius 3 is 2.85 bits per heavy atom. The topological polar surface area (TPSA) is 80.3 Å². The number of carbonyl (C=O) groups is 2. The molecule has 142 valence electrons. The number of hydrogen-bond donors (Lipinski definition) is 1. The van der Waals surface area contributed by atoms with Gasteiger partial charge in [0.25, 0.3) is 0 Å². The lowest BCUT2D eigenvalue weighted by Crippen LogP contribution is -2.42. The molecule has 0 spiro atoms. The molecule has 3 rings (SSSR count). The van der Waals surface area contributed by atoms with E-state index in [1.807, 2.05) is 0 Å². The van der Waals surface area contributed by atoms with E-state index >= 15 is 0 Å². The first-order chi connectivity index (χ1) is 12.6. The molecule has 2 saturated heterocycles. The summed E-state index contributed by atoms with van der Waals surface area (Å²) in [7, 11) is 3.13. The quantitative estimate of drug-likeness (QED) is 0.788. The number of hydrogen-bond acceptors (Lipinski definition) is 5. The molecule has 1 aromatic rings. The predicted octanol–water partition coefficient (Wildman–Crippen LogP) is 1.24. The minimum atomic E-state index is -0.219. The van der Waals surface area contributed by atoms with Crippen LogP contribution in [-0.2, 0) is 9.53 Å². The summed E-state index contributed by atoms with van der Waals surface area (Å²) in [6.45, 7) is 2.25. The van der Waals surface area contributed by atoms with Gasteiger partial charge in [0, 0.05) is 32.3 Å². The minimum Gasteiger partial charge on any atom is -0.497 e. The van der Waals surface area contributed by atoms with Gasteiger partial charge >= 0.3 is 6.03 Å². The summed E-state index contributed by atoms with van der Waals surface area (Å²) in [5.41, 5.74) is 0.638. The summed E-state index contributed by atoms with van der Waals surface area (Å²) in [4.78, 5) is 28.0. The molecular weight excluding hydrogens is 338 g/mol. The van der Waals surface area contributed by atoms with Gasteiger partial charge in [0.1, 0.15) is 18.0 Å². The Balaban J connectivity index is 1.60. The molecule has 8 heteroatoms. The highest BCUT2D eigenvalue weighted by Gasteiger charge is 2.32. The first-order valence-electron chi connectivity index (χ1n) is 8.79. The average Bonchev–Trinajstić information content (AvgIpc) is 3.30. The molecule has 1 aromatic carbocycles. The number of benzene rings is 1. The Kier molecular flexibility index (Phi) is 5.82. The third kappa shape index (κ3) is 4.01. The fourth-order valence-electron chi connectivity index (χ4n) is 3.22. The van der Waals surface area contributed by atoms with Gasteiger partial charge in [-0.25, -0.2) is 4.79 Å². The van der Waals surface area contributed by atoms with Crippen LogP contribution in [0.2, 0.25) is 0 Å². The highest BCUT2D eigenvalue weighted by Crippen LogP contribution is 2.34. The lowest BCUT2D eigenvalue weighted by molar-refractivity contribution is -0.122. The van der Waals surface area contributed by atoms with Crippen LogP contribution in [0.3, 0.4) is 0 Å². The third-order valence-corrected chi connectivity index (χ3v) is 4.66. The standard InChI is InChI=1S/C18H25N3O5/c1-24-13-5-6-16(25-2)15(10-13)21-8-7-20(18(21)23)12-17(22)19-11-14-4-3-9-26-14/h5-6,10,14H,3-4,7-9,11-12H2,1-2H3,(H,19,22). The second-order valence-corrected chi connectivity index (χ2v) is 6.33. The molecule has 26 heavy (non-hydrogen) atoms. The molecule has 0 saturated carbocycles. The van der Waals surface area contributed by atoms with Gasteiger partial charge in [0.15, 0.2) is 0 Å². The maximum atomic E-state index is 12.7. The highest BCUT2D eigenvalue weighted by molar-refractivity contribution is 5.97. The predicted molar refractivity (Wildman–Crippen MR) is 95.8 cm³/mol. The largest absolute Gasteiger partial charge is 0.497 e. The van der Waals surface area contributed by atoms with E-state index in [9.17, 15) is 9.59 Å². The number of methoxy groups -OCH3 is 2. The molecule has 0 radical (unpaired) electrons. The number of ether oxygens (including phenoxy) is 3. The molecule has 1 atom stereocenters. The van der Waals surface area contributed by atoms with Crippen molar-refractivity contribution in [1.82, 2.24) is 10.2 Å². The zero-order chi connectivity index (χ0) is 18.5. The van der Waals surface area contributed by atoms with E-state index in [2.05, 4.69) is 5.32 Å². The van der Waals surface area contributed by atoms with Crippen molar-refractivity contribution in [3.63, 3.8) is 0 Å². The van der Waals surface area contributed by atoms with Crippen LogP contribution in [0.25, 0.3) is 0 Å². The number of anilines is 1. The number of nitrogens with one attached hydrogen (secondary N) is 1. The third-order valence-electron chi connectivity index (χ3n) is 4.66. The molecule has 8 nitrogen and oxygen atoms in total. The van der Waals surface area contributed by atoms with E-state index in [4.69, 9.17) is 14.2 Å². The van der Waals surface area contributed by atoms with Gasteiger partial charge in [-0.3, -0.25) is 9.69 Å². The van der Waals surface area contributed by atoms with Crippen LogP contribution in [0.15, 0.2) is 18.2 Å². The first-order valence-corrected chi connectivity index (χ1v) is 8.79. The Hall–Kier alpha value is -2.48. The van der Waals surface area contributed by atoms with Crippen LogP contribution in [-0.4, -0.2) is 69.9 Å². The highest BCUT2D eigenvalue weighted by atomic mass is 16.5. The lowest BCUT2D eigenvalue weighted by atomic mass is 10.2. The molecule has 2 aliphatic heterocycles. The second-order valence-electron chi connectivity index (χ2n) is 6.33. The van der Waals surface area contributed by atoms with Crippen molar-refractivity contribution in [2.45, 2.75) is 18.9 Å². The van der Waals surface area contributed by atoms with Gasteiger partial charge in [0.2, 0.25) is 5.91 Å². The maximum Gasteiger partial charge on any atom is 0.325 e.